The fraction of sp³-hybridized carbons (Fsp3) is 0.143. The highest BCUT2D eigenvalue weighted by Gasteiger charge is 2.07. The Labute approximate surface area is 139 Å². The van der Waals surface area contributed by atoms with E-state index >= 15 is 0 Å². The van der Waals surface area contributed by atoms with Crippen LogP contribution < -0.4 is 4.74 Å². The molecule has 0 amide bonds. The van der Waals surface area contributed by atoms with Gasteiger partial charge in [0.2, 0.25) is 0 Å². The molecule has 0 bridgehead atoms. The smallest absolute Gasteiger partial charge is 0.134 e. The van der Waals surface area contributed by atoms with Crippen molar-refractivity contribution >= 4 is 55.1 Å². The number of hydrogen-bond donors (Lipinski definition) is 0. The Morgan fingerprint density at radius 3 is 2.58 bits per heavy atom. The fourth-order valence-electron chi connectivity index (χ4n) is 1.56. The summed E-state index contributed by atoms with van der Waals surface area (Å²) >= 11 is 19.0. The van der Waals surface area contributed by atoms with Crippen molar-refractivity contribution in [1.82, 2.24) is 0 Å². The Morgan fingerprint density at radius 2 is 1.89 bits per heavy atom. The van der Waals surface area contributed by atoms with Gasteiger partial charge in [0, 0.05) is 10.9 Å². The van der Waals surface area contributed by atoms with E-state index in [1.165, 1.54) is 5.56 Å². The Morgan fingerprint density at radius 1 is 1.11 bits per heavy atom. The monoisotopic (exact) mass is 422 g/mol. The second-order valence-electron chi connectivity index (χ2n) is 3.90. The van der Waals surface area contributed by atoms with Crippen LogP contribution in [-0.4, -0.2) is 0 Å². The summed E-state index contributed by atoms with van der Waals surface area (Å²) in [5.41, 5.74) is 2.05. The summed E-state index contributed by atoms with van der Waals surface area (Å²) in [7, 11) is 0. The van der Waals surface area contributed by atoms with Gasteiger partial charge in [0.1, 0.15) is 12.4 Å². The zero-order valence-electron chi connectivity index (χ0n) is 9.80. The molecule has 19 heavy (non-hydrogen) atoms. The number of hydrogen-bond acceptors (Lipinski definition) is 1. The van der Waals surface area contributed by atoms with E-state index in [0.717, 1.165) is 21.1 Å². The molecule has 0 aliphatic heterocycles. The van der Waals surface area contributed by atoms with E-state index in [1.54, 1.807) is 6.07 Å². The standard InChI is InChI=1S/C14H10Br2Cl2O/c15-7-9-4-5-13(11(16)6-9)19-8-10-2-1-3-12(17)14(10)18/h1-6H,7-8H2. The largest absolute Gasteiger partial charge is 0.488 e. The first-order valence-corrected chi connectivity index (χ1v) is 8.19. The molecule has 0 unspecified atom stereocenters. The lowest BCUT2D eigenvalue weighted by atomic mass is 10.2. The van der Waals surface area contributed by atoms with Crippen molar-refractivity contribution in [2.45, 2.75) is 11.9 Å². The SMILES string of the molecule is Clc1cccc(COc2ccc(CBr)cc2Br)c1Cl. The average Bonchev–Trinajstić information content (AvgIpc) is 2.41. The van der Waals surface area contributed by atoms with E-state index in [4.69, 9.17) is 27.9 Å². The molecule has 2 aromatic carbocycles. The number of rotatable bonds is 4. The first-order chi connectivity index (χ1) is 9.11. The van der Waals surface area contributed by atoms with Crippen molar-refractivity contribution < 1.29 is 4.74 Å². The molecule has 0 fully saturated rings. The summed E-state index contributed by atoms with van der Waals surface area (Å²) in [6.45, 7) is 0.381. The van der Waals surface area contributed by atoms with Gasteiger partial charge in [-0.1, -0.05) is 57.3 Å². The number of benzene rings is 2. The lowest BCUT2D eigenvalue weighted by molar-refractivity contribution is 0.304. The summed E-state index contributed by atoms with van der Waals surface area (Å²) in [6.07, 6.45) is 0. The van der Waals surface area contributed by atoms with E-state index in [1.807, 2.05) is 30.3 Å². The van der Waals surface area contributed by atoms with Crippen LogP contribution in [0.5, 0.6) is 5.75 Å². The molecular weight excluding hydrogens is 415 g/mol. The molecule has 0 radical (unpaired) electrons. The highest BCUT2D eigenvalue weighted by atomic mass is 79.9. The van der Waals surface area contributed by atoms with E-state index in [0.29, 0.717) is 16.7 Å². The van der Waals surface area contributed by atoms with Crippen molar-refractivity contribution in [3.05, 3.63) is 62.0 Å². The Bertz CT molecular complexity index is 588. The molecule has 5 heteroatoms. The molecule has 1 nitrogen and oxygen atoms in total. The topological polar surface area (TPSA) is 9.23 Å². The van der Waals surface area contributed by atoms with E-state index in [2.05, 4.69) is 31.9 Å². The van der Waals surface area contributed by atoms with E-state index in [9.17, 15) is 0 Å². The Hall–Kier alpha value is -0.220. The van der Waals surface area contributed by atoms with Gasteiger partial charge < -0.3 is 4.74 Å². The van der Waals surface area contributed by atoms with Gasteiger partial charge >= 0.3 is 0 Å². The maximum atomic E-state index is 6.12. The predicted molar refractivity (Wildman–Crippen MR) is 87.6 cm³/mol. The maximum absolute atomic E-state index is 6.12. The average molecular weight is 425 g/mol. The van der Waals surface area contributed by atoms with Crippen LogP contribution in [0, 0.1) is 0 Å². The third-order valence-corrected chi connectivity index (χ3v) is 4.69. The Balaban J connectivity index is 2.12. The first-order valence-electron chi connectivity index (χ1n) is 5.52. The highest BCUT2D eigenvalue weighted by molar-refractivity contribution is 9.10. The minimum atomic E-state index is 0.381. The van der Waals surface area contributed by atoms with E-state index < -0.39 is 0 Å². The quantitative estimate of drug-likeness (QED) is 0.528. The fourth-order valence-corrected chi connectivity index (χ4v) is 2.82. The molecule has 100 valence electrons. The molecule has 0 aromatic heterocycles. The molecule has 2 aromatic rings. The Kier molecular flexibility index (Phi) is 5.58. The molecule has 0 spiro atoms. The third kappa shape index (κ3) is 3.88. The summed E-state index contributed by atoms with van der Waals surface area (Å²) in [4.78, 5) is 0. The van der Waals surface area contributed by atoms with Crippen LogP contribution in [0.4, 0.5) is 0 Å². The summed E-state index contributed by atoms with van der Waals surface area (Å²) in [6, 6.07) is 11.5. The summed E-state index contributed by atoms with van der Waals surface area (Å²) < 4.78 is 6.67. The zero-order valence-corrected chi connectivity index (χ0v) is 14.5. The second-order valence-corrected chi connectivity index (χ2v) is 6.10. The van der Waals surface area contributed by atoms with E-state index in [-0.39, 0.29) is 0 Å². The molecule has 0 saturated heterocycles. The van der Waals surface area contributed by atoms with Crippen LogP contribution in [0.15, 0.2) is 40.9 Å². The van der Waals surface area contributed by atoms with Gasteiger partial charge in [0.15, 0.2) is 0 Å². The maximum Gasteiger partial charge on any atom is 0.134 e. The number of halogens is 4. The lowest BCUT2D eigenvalue weighted by Gasteiger charge is -2.10. The second kappa shape index (κ2) is 6.98. The molecule has 0 atom stereocenters. The van der Waals surface area contributed by atoms with Crippen molar-refractivity contribution in [2.75, 3.05) is 0 Å². The molecule has 0 aliphatic carbocycles. The van der Waals surface area contributed by atoms with Crippen molar-refractivity contribution in [2.24, 2.45) is 0 Å². The lowest BCUT2D eigenvalue weighted by Crippen LogP contribution is -1.97. The molecule has 0 saturated carbocycles. The summed E-state index contributed by atoms with van der Waals surface area (Å²) in [5, 5.41) is 1.89. The minimum absolute atomic E-state index is 0.381. The van der Waals surface area contributed by atoms with Crippen LogP contribution in [0.2, 0.25) is 10.0 Å². The minimum Gasteiger partial charge on any atom is -0.488 e. The van der Waals surface area contributed by atoms with Gasteiger partial charge in [-0.2, -0.15) is 0 Å². The van der Waals surface area contributed by atoms with Crippen LogP contribution >= 0.6 is 55.1 Å². The van der Waals surface area contributed by atoms with Gasteiger partial charge in [-0.3, -0.25) is 0 Å². The molecule has 0 heterocycles. The molecule has 2 rings (SSSR count). The van der Waals surface area contributed by atoms with Crippen LogP contribution in [0.3, 0.4) is 0 Å². The van der Waals surface area contributed by atoms with Gasteiger partial charge in [-0.05, 0) is 39.7 Å². The van der Waals surface area contributed by atoms with Gasteiger partial charge in [-0.25, -0.2) is 0 Å². The van der Waals surface area contributed by atoms with Crippen molar-refractivity contribution in [3.63, 3.8) is 0 Å². The van der Waals surface area contributed by atoms with Gasteiger partial charge in [0.25, 0.3) is 0 Å². The van der Waals surface area contributed by atoms with Crippen molar-refractivity contribution in [1.29, 1.82) is 0 Å². The van der Waals surface area contributed by atoms with Crippen molar-refractivity contribution in [3.8, 4) is 5.75 Å². The van der Waals surface area contributed by atoms with Crippen LogP contribution in [0.1, 0.15) is 11.1 Å². The molecule has 0 aliphatic rings. The highest BCUT2D eigenvalue weighted by Crippen LogP contribution is 2.30. The van der Waals surface area contributed by atoms with Gasteiger partial charge in [-0.15, -0.1) is 0 Å². The van der Waals surface area contributed by atoms with Crippen LogP contribution in [-0.2, 0) is 11.9 Å². The third-order valence-electron chi connectivity index (χ3n) is 2.57. The van der Waals surface area contributed by atoms with Crippen LogP contribution in [0.25, 0.3) is 0 Å². The van der Waals surface area contributed by atoms with Gasteiger partial charge in [0.05, 0.1) is 14.5 Å². The predicted octanol–water partition coefficient (Wildman–Crippen LogP) is 6.23. The number of ether oxygens (including phenoxy) is 1. The molecular formula is C14H10Br2Cl2O. The number of alkyl halides is 1. The zero-order chi connectivity index (χ0) is 13.8. The first kappa shape index (κ1) is 15.2. The summed E-state index contributed by atoms with van der Waals surface area (Å²) in [5.74, 6) is 0.778. The molecule has 0 N–H and O–H groups in total. The normalized spacial score (nSPS) is 10.5.